The van der Waals surface area contributed by atoms with Gasteiger partial charge in [0.1, 0.15) is 12.4 Å². The number of aryl methyl sites for hydroxylation is 2. The van der Waals surface area contributed by atoms with Gasteiger partial charge in [-0.05, 0) is 56.1 Å². The second kappa shape index (κ2) is 8.88. The van der Waals surface area contributed by atoms with Crippen molar-refractivity contribution < 1.29 is 9.53 Å². The van der Waals surface area contributed by atoms with Crippen molar-refractivity contribution in [1.82, 2.24) is 5.32 Å². The standard InChI is InChI=1S/C20H24N2O2.ClH/c1-14-4-3-5-16(10-14)13-24-18-6-7-19(15(2)11-18)22-20(23)17-8-9-21-12-17;/h3-7,10-11,17,21H,8-9,12-13H2,1-2H3,(H,22,23);1H. The number of anilines is 1. The molecule has 4 nitrogen and oxygen atoms in total. The van der Waals surface area contributed by atoms with Crippen LogP contribution in [-0.4, -0.2) is 19.0 Å². The molecular weight excluding hydrogens is 336 g/mol. The molecule has 1 aliphatic heterocycles. The van der Waals surface area contributed by atoms with Crippen molar-refractivity contribution >= 4 is 24.0 Å². The van der Waals surface area contributed by atoms with E-state index in [1.807, 2.05) is 31.2 Å². The SMILES string of the molecule is Cc1cccc(COc2ccc(NC(=O)C3CCNC3)c(C)c2)c1.Cl. The molecule has 2 aromatic rings. The lowest BCUT2D eigenvalue weighted by molar-refractivity contribution is -0.119. The first kappa shape index (κ1) is 19.3. The lowest BCUT2D eigenvalue weighted by atomic mass is 10.1. The highest BCUT2D eigenvalue weighted by atomic mass is 35.5. The lowest BCUT2D eigenvalue weighted by Crippen LogP contribution is -2.24. The second-order valence-corrected chi connectivity index (χ2v) is 6.43. The fraction of sp³-hybridized carbons (Fsp3) is 0.350. The van der Waals surface area contributed by atoms with Crippen LogP contribution in [0, 0.1) is 19.8 Å². The first-order valence-corrected chi connectivity index (χ1v) is 8.42. The monoisotopic (exact) mass is 360 g/mol. The molecule has 134 valence electrons. The van der Waals surface area contributed by atoms with Gasteiger partial charge in [-0.2, -0.15) is 0 Å². The number of hydrogen-bond donors (Lipinski definition) is 2. The number of amides is 1. The van der Waals surface area contributed by atoms with E-state index >= 15 is 0 Å². The normalized spacial score (nSPS) is 16.2. The summed E-state index contributed by atoms with van der Waals surface area (Å²) in [6.45, 7) is 6.29. The van der Waals surface area contributed by atoms with Crippen molar-refractivity contribution in [3.63, 3.8) is 0 Å². The average molecular weight is 361 g/mol. The molecule has 1 aliphatic rings. The highest BCUT2D eigenvalue weighted by Gasteiger charge is 2.22. The number of nitrogens with one attached hydrogen (secondary N) is 2. The minimum atomic E-state index is 0. The van der Waals surface area contributed by atoms with Gasteiger partial charge < -0.3 is 15.4 Å². The van der Waals surface area contributed by atoms with Gasteiger partial charge in [0.15, 0.2) is 0 Å². The number of benzene rings is 2. The van der Waals surface area contributed by atoms with E-state index in [1.165, 1.54) is 5.56 Å². The lowest BCUT2D eigenvalue weighted by Gasteiger charge is -2.14. The zero-order chi connectivity index (χ0) is 16.9. The van der Waals surface area contributed by atoms with Crippen LogP contribution in [0.3, 0.4) is 0 Å². The summed E-state index contributed by atoms with van der Waals surface area (Å²) < 4.78 is 5.86. The first-order valence-electron chi connectivity index (χ1n) is 8.42. The van der Waals surface area contributed by atoms with Crippen LogP contribution in [0.25, 0.3) is 0 Å². The third kappa shape index (κ3) is 5.21. The maximum Gasteiger partial charge on any atom is 0.228 e. The fourth-order valence-corrected chi connectivity index (χ4v) is 2.95. The highest BCUT2D eigenvalue weighted by molar-refractivity contribution is 5.93. The quantitative estimate of drug-likeness (QED) is 0.851. The molecule has 25 heavy (non-hydrogen) atoms. The molecular formula is C20H25ClN2O2. The Bertz CT molecular complexity index is 727. The molecule has 1 fully saturated rings. The Labute approximate surface area is 155 Å². The Kier molecular flexibility index (Phi) is 6.85. The van der Waals surface area contributed by atoms with Crippen molar-refractivity contribution in [3.8, 4) is 5.75 Å². The van der Waals surface area contributed by atoms with Gasteiger partial charge in [-0.3, -0.25) is 4.79 Å². The summed E-state index contributed by atoms with van der Waals surface area (Å²) in [5.41, 5.74) is 4.25. The molecule has 1 unspecified atom stereocenters. The summed E-state index contributed by atoms with van der Waals surface area (Å²) in [5.74, 6) is 0.979. The first-order chi connectivity index (χ1) is 11.6. The van der Waals surface area contributed by atoms with E-state index in [0.717, 1.165) is 42.1 Å². The Morgan fingerprint density at radius 3 is 2.76 bits per heavy atom. The Morgan fingerprint density at radius 2 is 2.08 bits per heavy atom. The van der Waals surface area contributed by atoms with Crippen LogP contribution in [0.4, 0.5) is 5.69 Å². The van der Waals surface area contributed by atoms with Crippen molar-refractivity contribution in [2.24, 2.45) is 5.92 Å². The van der Waals surface area contributed by atoms with Crippen molar-refractivity contribution in [3.05, 3.63) is 59.2 Å². The minimum Gasteiger partial charge on any atom is -0.489 e. The van der Waals surface area contributed by atoms with Gasteiger partial charge in [0.25, 0.3) is 0 Å². The van der Waals surface area contributed by atoms with Crippen LogP contribution >= 0.6 is 12.4 Å². The molecule has 0 bridgehead atoms. The maximum absolute atomic E-state index is 12.2. The van der Waals surface area contributed by atoms with E-state index in [0.29, 0.717) is 6.61 Å². The van der Waals surface area contributed by atoms with Gasteiger partial charge in [-0.1, -0.05) is 29.8 Å². The number of ether oxygens (including phenoxy) is 1. The fourth-order valence-electron chi connectivity index (χ4n) is 2.95. The van der Waals surface area contributed by atoms with E-state index in [1.54, 1.807) is 0 Å². The number of carbonyl (C=O) groups is 1. The van der Waals surface area contributed by atoms with Gasteiger partial charge in [-0.25, -0.2) is 0 Å². The summed E-state index contributed by atoms with van der Waals surface area (Å²) >= 11 is 0. The van der Waals surface area contributed by atoms with Crippen LogP contribution < -0.4 is 15.4 Å². The Hall–Kier alpha value is -2.04. The minimum absolute atomic E-state index is 0. The van der Waals surface area contributed by atoms with E-state index in [9.17, 15) is 4.79 Å². The zero-order valence-electron chi connectivity index (χ0n) is 14.7. The molecule has 2 aromatic carbocycles. The van der Waals surface area contributed by atoms with Gasteiger partial charge >= 0.3 is 0 Å². The molecule has 0 saturated carbocycles. The van der Waals surface area contributed by atoms with Crippen molar-refractivity contribution in [1.29, 1.82) is 0 Å². The molecule has 1 heterocycles. The molecule has 1 atom stereocenters. The summed E-state index contributed by atoms with van der Waals surface area (Å²) in [6, 6.07) is 14.1. The molecule has 0 aliphatic carbocycles. The highest BCUT2D eigenvalue weighted by Crippen LogP contribution is 2.23. The number of hydrogen-bond acceptors (Lipinski definition) is 3. The van der Waals surface area contributed by atoms with Crippen LogP contribution in [0.5, 0.6) is 5.75 Å². The van der Waals surface area contributed by atoms with Gasteiger partial charge in [-0.15, -0.1) is 12.4 Å². The number of rotatable bonds is 5. The predicted octanol–water partition coefficient (Wildman–Crippen LogP) is 3.85. The molecule has 1 amide bonds. The van der Waals surface area contributed by atoms with Gasteiger partial charge in [0, 0.05) is 12.2 Å². The van der Waals surface area contributed by atoms with E-state index in [-0.39, 0.29) is 24.2 Å². The molecule has 0 aromatic heterocycles. The topological polar surface area (TPSA) is 50.4 Å². The van der Waals surface area contributed by atoms with Crippen LogP contribution in [-0.2, 0) is 11.4 Å². The van der Waals surface area contributed by atoms with Crippen molar-refractivity contribution in [2.45, 2.75) is 26.9 Å². The maximum atomic E-state index is 12.2. The molecule has 5 heteroatoms. The number of halogens is 1. The van der Waals surface area contributed by atoms with Gasteiger partial charge in [0.05, 0.1) is 5.92 Å². The van der Waals surface area contributed by atoms with E-state index < -0.39 is 0 Å². The van der Waals surface area contributed by atoms with E-state index in [2.05, 4.69) is 35.8 Å². The Morgan fingerprint density at radius 1 is 1.24 bits per heavy atom. The van der Waals surface area contributed by atoms with Crippen LogP contribution in [0.1, 0.15) is 23.1 Å². The summed E-state index contributed by atoms with van der Waals surface area (Å²) in [7, 11) is 0. The molecule has 2 N–H and O–H groups in total. The molecule has 0 radical (unpaired) electrons. The van der Waals surface area contributed by atoms with E-state index in [4.69, 9.17) is 4.74 Å². The summed E-state index contributed by atoms with van der Waals surface area (Å²) in [4.78, 5) is 12.2. The largest absolute Gasteiger partial charge is 0.489 e. The Balaban J connectivity index is 0.00000225. The third-order valence-corrected chi connectivity index (χ3v) is 4.37. The molecule has 1 saturated heterocycles. The van der Waals surface area contributed by atoms with Crippen LogP contribution in [0.15, 0.2) is 42.5 Å². The summed E-state index contributed by atoms with van der Waals surface area (Å²) in [5, 5.41) is 6.24. The smallest absolute Gasteiger partial charge is 0.228 e. The number of carbonyl (C=O) groups excluding carboxylic acids is 1. The zero-order valence-corrected chi connectivity index (χ0v) is 15.5. The molecule has 0 spiro atoms. The predicted molar refractivity (Wildman–Crippen MR) is 104 cm³/mol. The second-order valence-electron chi connectivity index (χ2n) is 6.43. The van der Waals surface area contributed by atoms with Gasteiger partial charge in [0.2, 0.25) is 5.91 Å². The third-order valence-electron chi connectivity index (χ3n) is 4.37. The van der Waals surface area contributed by atoms with Crippen LogP contribution in [0.2, 0.25) is 0 Å². The average Bonchev–Trinajstić information content (AvgIpc) is 3.10. The molecule has 3 rings (SSSR count). The summed E-state index contributed by atoms with van der Waals surface area (Å²) in [6.07, 6.45) is 0.905. The van der Waals surface area contributed by atoms with Crippen molar-refractivity contribution in [2.75, 3.05) is 18.4 Å².